The van der Waals surface area contributed by atoms with E-state index in [4.69, 9.17) is 14.2 Å². The van der Waals surface area contributed by atoms with Crippen molar-refractivity contribution >= 4 is 11.9 Å². The lowest BCUT2D eigenvalue weighted by atomic mass is 9.57. The molecule has 0 unspecified atom stereocenters. The van der Waals surface area contributed by atoms with Crippen molar-refractivity contribution in [2.45, 2.75) is 129 Å². The second kappa shape index (κ2) is 9.46. The molecule has 190 valence electrons. The molecule has 3 rings (SSSR count). The Balaban J connectivity index is 2.12. The van der Waals surface area contributed by atoms with E-state index in [-0.39, 0.29) is 30.2 Å². The molecule has 0 aromatic rings. The normalized spacial score (nSPS) is 45.5. The van der Waals surface area contributed by atoms with E-state index in [1.165, 1.54) is 6.92 Å². The molecule has 7 heteroatoms. The molecule has 2 saturated heterocycles. The van der Waals surface area contributed by atoms with E-state index in [2.05, 4.69) is 13.8 Å². The minimum atomic E-state index is -1.37. The fourth-order valence-corrected chi connectivity index (χ4v) is 6.90. The summed E-state index contributed by atoms with van der Waals surface area (Å²) in [6.07, 6.45) is 1.70. The highest BCUT2D eigenvalue weighted by atomic mass is 16.6. The Morgan fingerprint density at radius 1 is 1.09 bits per heavy atom. The first-order valence-corrected chi connectivity index (χ1v) is 12.7. The third-order valence-corrected chi connectivity index (χ3v) is 8.54. The summed E-state index contributed by atoms with van der Waals surface area (Å²) < 4.78 is 18.8. The SMILES string of the molecule is CCCC(=O)O[C@]1(C)CC[C@H](O)[C@@](C)(O)C[C@H]2O[C@@H]1[C@H]1[C@@H]2[C@](C)(OC(C)=O)CC[C@@H]1C(C)C. The Kier molecular flexibility index (Phi) is 7.58. The Labute approximate surface area is 198 Å². The summed E-state index contributed by atoms with van der Waals surface area (Å²) >= 11 is 0. The molecule has 33 heavy (non-hydrogen) atoms. The van der Waals surface area contributed by atoms with Crippen molar-refractivity contribution in [2.24, 2.45) is 23.7 Å². The Hall–Kier alpha value is -1.18. The molecule has 2 N–H and O–H groups in total. The van der Waals surface area contributed by atoms with E-state index in [9.17, 15) is 19.8 Å². The molecule has 0 aromatic carbocycles. The summed E-state index contributed by atoms with van der Waals surface area (Å²) in [5, 5.41) is 22.0. The van der Waals surface area contributed by atoms with Crippen LogP contribution in [-0.2, 0) is 23.8 Å². The van der Waals surface area contributed by atoms with Crippen LogP contribution in [-0.4, -0.2) is 57.3 Å². The third kappa shape index (κ3) is 5.10. The first kappa shape index (κ1) is 26.4. The molecule has 1 aliphatic carbocycles. The first-order chi connectivity index (χ1) is 15.2. The number of carbonyl (C=O) groups excluding carboxylic acids is 2. The fourth-order valence-electron chi connectivity index (χ4n) is 6.90. The monoisotopic (exact) mass is 468 g/mol. The van der Waals surface area contributed by atoms with Crippen molar-refractivity contribution in [3.05, 3.63) is 0 Å². The van der Waals surface area contributed by atoms with Gasteiger partial charge >= 0.3 is 11.9 Å². The number of rotatable bonds is 5. The van der Waals surface area contributed by atoms with E-state index in [0.29, 0.717) is 43.9 Å². The maximum atomic E-state index is 12.7. The Morgan fingerprint density at radius 3 is 2.30 bits per heavy atom. The van der Waals surface area contributed by atoms with Gasteiger partial charge in [-0.2, -0.15) is 0 Å². The summed E-state index contributed by atoms with van der Waals surface area (Å²) in [7, 11) is 0. The Bertz CT molecular complexity index is 734. The second-order valence-corrected chi connectivity index (χ2v) is 11.7. The van der Waals surface area contributed by atoms with Crippen LogP contribution in [0.1, 0.15) is 93.4 Å². The second-order valence-electron chi connectivity index (χ2n) is 11.7. The van der Waals surface area contributed by atoms with Gasteiger partial charge in [-0.15, -0.1) is 0 Å². The van der Waals surface area contributed by atoms with E-state index in [0.717, 1.165) is 6.42 Å². The lowest BCUT2D eigenvalue weighted by molar-refractivity contribution is -0.184. The number of fused-ring (bicyclic) bond motifs is 5. The fraction of sp³-hybridized carbons (Fsp3) is 0.923. The zero-order valence-corrected chi connectivity index (χ0v) is 21.4. The van der Waals surface area contributed by atoms with Crippen LogP contribution in [0.2, 0.25) is 0 Å². The van der Waals surface area contributed by atoms with E-state index >= 15 is 0 Å². The third-order valence-electron chi connectivity index (χ3n) is 8.54. The van der Waals surface area contributed by atoms with Gasteiger partial charge in [0.15, 0.2) is 0 Å². The molecule has 7 nitrogen and oxygen atoms in total. The number of esters is 2. The van der Waals surface area contributed by atoms with Gasteiger partial charge in [0.05, 0.1) is 17.8 Å². The topological polar surface area (TPSA) is 102 Å². The first-order valence-electron chi connectivity index (χ1n) is 12.7. The Morgan fingerprint density at radius 2 is 1.73 bits per heavy atom. The number of hydrogen-bond acceptors (Lipinski definition) is 7. The van der Waals surface area contributed by atoms with Crippen molar-refractivity contribution in [3.63, 3.8) is 0 Å². The lowest BCUT2D eigenvalue weighted by Crippen LogP contribution is -2.57. The minimum Gasteiger partial charge on any atom is -0.459 e. The van der Waals surface area contributed by atoms with Crippen LogP contribution in [0.5, 0.6) is 0 Å². The molecule has 0 radical (unpaired) electrons. The van der Waals surface area contributed by atoms with E-state index in [1.807, 2.05) is 20.8 Å². The smallest absolute Gasteiger partial charge is 0.306 e. The van der Waals surface area contributed by atoms with Crippen LogP contribution in [0.15, 0.2) is 0 Å². The largest absolute Gasteiger partial charge is 0.459 e. The van der Waals surface area contributed by atoms with E-state index < -0.39 is 35.1 Å². The molecule has 0 amide bonds. The molecule has 3 aliphatic rings. The van der Waals surface area contributed by atoms with Gasteiger partial charge in [0, 0.05) is 31.6 Å². The molecule has 2 aliphatic heterocycles. The predicted molar refractivity (Wildman–Crippen MR) is 123 cm³/mol. The van der Waals surface area contributed by atoms with Crippen molar-refractivity contribution in [3.8, 4) is 0 Å². The van der Waals surface area contributed by atoms with Crippen molar-refractivity contribution in [1.29, 1.82) is 0 Å². The highest BCUT2D eigenvalue weighted by molar-refractivity contribution is 5.70. The predicted octanol–water partition coefficient (Wildman–Crippen LogP) is 3.77. The van der Waals surface area contributed by atoms with Gasteiger partial charge in [0.2, 0.25) is 0 Å². The van der Waals surface area contributed by atoms with E-state index in [1.54, 1.807) is 6.92 Å². The van der Waals surface area contributed by atoms with Crippen LogP contribution in [0.25, 0.3) is 0 Å². The molecule has 2 heterocycles. The molecule has 0 spiro atoms. The highest BCUT2D eigenvalue weighted by Crippen LogP contribution is 2.58. The molecule has 3 fully saturated rings. The van der Waals surface area contributed by atoms with Crippen LogP contribution in [0.4, 0.5) is 0 Å². The van der Waals surface area contributed by atoms with Crippen molar-refractivity contribution in [1.82, 2.24) is 0 Å². The molecule has 1 saturated carbocycles. The molecule has 2 bridgehead atoms. The highest BCUT2D eigenvalue weighted by Gasteiger charge is 2.65. The van der Waals surface area contributed by atoms with Gasteiger partial charge in [-0.05, 0) is 64.7 Å². The summed E-state index contributed by atoms with van der Waals surface area (Å²) in [5.41, 5.74) is -3.08. The average Bonchev–Trinajstić information content (AvgIpc) is 3.06. The van der Waals surface area contributed by atoms with Gasteiger partial charge < -0.3 is 24.4 Å². The maximum Gasteiger partial charge on any atom is 0.306 e. The van der Waals surface area contributed by atoms with Crippen LogP contribution in [0.3, 0.4) is 0 Å². The quantitative estimate of drug-likeness (QED) is 0.592. The number of carbonyl (C=O) groups is 2. The number of hydrogen-bond donors (Lipinski definition) is 2. The van der Waals surface area contributed by atoms with Crippen molar-refractivity contribution in [2.75, 3.05) is 0 Å². The molecular weight excluding hydrogens is 424 g/mol. The summed E-state index contributed by atoms with van der Waals surface area (Å²) in [6.45, 7) is 13.3. The number of aliphatic hydroxyl groups excluding tert-OH is 1. The van der Waals surface area contributed by atoms with Gasteiger partial charge in [-0.3, -0.25) is 9.59 Å². The minimum absolute atomic E-state index is 0.00132. The number of aliphatic hydroxyl groups is 2. The zero-order chi connectivity index (χ0) is 24.8. The summed E-state index contributed by atoms with van der Waals surface area (Å²) in [5.74, 6) is -0.116. The number of ether oxygens (including phenoxy) is 3. The van der Waals surface area contributed by atoms with Crippen LogP contribution in [0, 0.1) is 23.7 Å². The molecule has 9 atom stereocenters. The molecule has 0 aromatic heterocycles. The average molecular weight is 469 g/mol. The van der Waals surface area contributed by atoms with Gasteiger partial charge in [0.1, 0.15) is 17.3 Å². The lowest BCUT2D eigenvalue weighted by Gasteiger charge is -2.51. The van der Waals surface area contributed by atoms with Gasteiger partial charge in [-0.25, -0.2) is 0 Å². The zero-order valence-electron chi connectivity index (χ0n) is 21.4. The molecular formula is C26H44O7. The maximum absolute atomic E-state index is 12.7. The standard InChI is InChI=1S/C26H44O7/c1-8-9-20(29)33-26(7)13-11-19(28)24(5,30)14-18-22-21(23(26)31-18)17(15(2)3)10-12-25(22,6)32-16(4)27/h15,17-19,21-23,28,30H,8-14H2,1-7H3/t17-,18-,19+,21-,22-,23-,24+,25-,26-/m1/s1. The summed E-state index contributed by atoms with van der Waals surface area (Å²) in [4.78, 5) is 24.8. The van der Waals surface area contributed by atoms with Gasteiger partial charge in [0.25, 0.3) is 0 Å². The summed E-state index contributed by atoms with van der Waals surface area (Å²) in [6, 6.07) is 0. The van der Waals surface area contributed by atoms with Crippen molar-refractivity contribution < 1.29 is 34.0 Å². The van der Waals surface area contributed by atoms with Crippen LogP contribution < -0.4 is 0 Å². The van der Waals surface area contributed by atoms with Crippen LogP contribution >= 0.6 is 0 Å². The van der Waals surface area contributed by atoms with Gasteiger partial charge in [-0.1, -0.05) is 20.8 Å².